The normalized spacial score (nSPS) is 10.6. The molecule has 7 nitrogen and oxygen atoms in total. The van der Waals surface area contributed by atoms with E-state index in [1.807, 2.05) is 0 Å². The van der Waals surface area contributed by atoms with E-state index in [0.29, 0.717) is 44.5 Å². The van der Waals surface area contributed by atoms with Gasteiger partial charge in [0, 0.05) is 11.5 Å². The van der Waals surface area contributed by atoms with E-state index in [-0.39, 0.29) is 5.28 Å². The third-order valence-corrected chi connectivity index (χ3v) is 4.31. The van der Waals surface area contributed by atoms with Crippen LogP contribution in [0.2, 0.25) is 10.3 Å². The second-order valence-corrected chi connectivity index (χ2v) is 6.12. The summed E-state index contributed by atoms with van der Waals surface area (Å²) in [7, 11) is 4.37. The van der Waals surface area contributed by atoms with Gasteiger partial charge in [0.25, 0.3) is 0 Å². The predicted molar refractivity (Wildman–Crippen MR) is 104 cm³/mol. The van der Waals surface area contributed by atoms with Gasteiger partial charge in [-0.25, -0.2) is 9.78 Å². The van der Waals surface area contributed by atoms with Gasteiger partial charge in [-0.2, -0.15) is 4.98 Å². The molecule has 0 fully saturated rings. The Balaban J connectivity index is 2.13. The molecule has 0 radical (unpaired) electrons. The number of ether oxygens (including phenoxy) is 3. The highest BCUT2D eigenvalue weighted by atomic mass is 35.5. The zero-order chi connectivity index (χ0) is 19.6. The van der Waals surface area contributed by atoms with Gasteiger partial charge < -0.3 is 19.5 Å². The molecule has 0 aliphatic carbocycles. The van der Waals surface area contributed by atoms with E-state index >= 15 is 0 Å². The summed E-state index contributed by atoms with van der Waals surface area (Å²) in [5, 5.41) is 4.16. The molecule has 3 aromatic rings. The third kappa shape index (κ3) is 3.84. The number of aromatic nitrogens is 2. The van der Waals surface area contributed by atoms with E-state index in [0.717, 1.165) is 0 Å². The Kier molecular flexibility index (Phi) is 5.53. The molecule has 1 N–H and O–H groups in total. The second-order valence-electron chi connectivity index (χ2n) is 5.38. The molecule has 0 bridgehead atoms. The minimum atomic E-state index is -0.480. The van der Waals surface area contributed by atoms with Crippen LogP contribution in [0.25, 0.3) is 10.9 Å². The molecule has 0 aliphatic rings. The average molecular weight is 408 g/mol. The largest absolute Gasteiger partial charge is 0.493 e. The van der Waals surface area contributed by atoms with Crippen LogP contribution in [0.4, 0.5) is 11.5 Å². The third-order valence-electron chi connectivity index (χ3n) is 3.81. The first-order valence-corrected chi connectivity index (χ1v) is 8.46. The Labute approximate surface area is 165 Å². The van der Waals surface area contributed by atoms with Crippen molar-refractivity contribution in [2.75, 3.05) is 26.6 Å². The SMILES string of the molecule is COC(=O)c1ccc(Cl)c(Nc2nc(Cl)nc3cc(OC)c(OC)cc23)c1. The van der Waals surface area contributed by atoms with Crippen molar-refractivity contribution in [2.45, 2.75) is 0 Å². The molecule has 0 spiro atoms. The summed E-state index contributed by atoms with van der Waals surface area (Å²) >= 11 is 12.3. The minimum Gasteiger partial charge on any atom is -0.493 e. The van der Waals surface area contributed by atoms with Crippen LogP contribution in [-0.4, -0.2) is 37.3 Å². The highest BCUT2D eigenvalue weighted by Gasteiger charge is 2.15. The maximum Gasteiger partial charge on any atom is 0.337 e. The van der Waals surface area contributed by atoms with Gasteiger partial charge in [-0.05, 0) is 35.9 Å². The fraction of sp³-hybridized carbons (Fsp3) is 0.167. The number of benzene rings is 2. The van der Waals surface area contributed by atoms with Crippen LogP contribution in [0.3, 0.4) is 0 Å². The van der Waals surface area contributed by atoms with Crippen molar-refractivity contribution in [2.24, 2.45) is 0 Å². The smallest absolute Gasteiger partial charge is 0.337 e. The van der Waals surface area contributed by atoms with E-state index in [4.69, 9.17) is 37.4 Å². The first-order valence-electron chi connectivity index (χ1n) is 7.71. The average Bonchev–Trinajstić information content (AvgIpc) is 2.67. The molecule has 0 saturated heterocycles. The molecule has 2 aromatic carbocycles. The van der Waals surface area contributed by atoms with E-state index in [9.17, 15) is 4.79 Å². The van der Waals surface area contributed by atoms with Crippen LogP contribution in [0.1, 0.15) is 10.4 Å². The fourth-order valence-electron chi connectivity index (χ4n) is 2.52. The van der Waals surface area contributed by atoms with Gasteiger partial charge in [0.05, 0.1) is 43.1 Å². The standard InChI is InChI=1S/C18H15Cl2N3O4/c1-25-14-7-10-12(8-15(14)26-2)22-18(20)23-16(10)21-13-6-9(17(24)27-3)4-5-11(13)19/h4-8H,1-3H3,(H,21,22,23). The van der Waals surface area contributed by atoms with Gasteiger partial charge >= 0.3 is 5.97 Å². The highest BCUT2D eigenvalue weighted by molar-refractivity contribution is 6.33. The first kappa shape index (κ1) is 19.0. The van der Waals surface area contributed by atoms with E-state index in [1.54, 1.807) is 30.3 Å². The number of methoxy groups -OCH3 is 3. The molecule has 1 aromatic heterocycles. The lowest BCUT2D eigenvalue weighted by Crippen LogP contribution is -2.03. The number of nitrogens with one attached hydrogen (secondary N) is 1. The van der Waals surface area contributed by atoms with Gasteiger partial charge in [-0.1, -0.05) is 11.6 Å². The number of anilines is 2. The number of hydrogen-bond acceptors (Lipinski definition) is 7. The number of rotatable bonds is 5. The molecular formula is C18H15Cl2N3O4. The van der Waals surface area contributed by atoms with E-state index in [1.165, 1.54) is 21.3 Å². The zero-order valence-electron chi connectivity index (χ0n) is 14.7. The Morgan fingerprint density at radius 3 is 2.37 bits per heavy atom. The summed E-state index contributed by atoms with van der Waals surface area (Å²) in [6.07, 6.45) is 0. The number of carbonyl (C=O) groups excluding carboxylic acids is 1. The van der Waals surface area contributed by atoms with Gasteiger partial charge in [0.2, 0.25) is 5.28 Å². The van der Waals surface area contributed by atoms with Crippen molar-refractivity contribution >= 4 is 51.6 Å². The van der Waals surface area contributed by atoms with Crippen LogP contribution >= 0.6 is 23.2 Å². The number of fused-ring (bicyclic) bond motifs is 1. The molecule has 27 heavy (non-hydrogen) atoms. The van der Waals surface area contributed by atoms with Crippen molar-refractivity contribution in [3.8, 4) is 11.5 Å². The highest BCUT2D eigenvalue weighted by Crippen LogP contribution is 2.36. The van der Waals surface area contributed by atoms with Crippen molar-refractivity contribution in [3.63, 3.8) is 0 Å². The Morgan fingerprint density at radius 2 is 1.70 bits per heavy atom. The van der Waals surface area contributed by atoms with E-state index in [2.05, 4.69) is 15.3 Å². The van der Waals surface area contributed by atoms with Crippen LogP contribution in [-0.2, 0) is 4.74 Å². The topological polar surface area (TPSA) is 82.6 Å². The van der Waals surface area contributed by atoms with Gasteiger partial charge in [-0.3, -0.25) is 0 Å². The molecule has 140 valence electrons. The monoisotopic (exact) mass is 407 g/mol. The first-order chi connectivity index (χ1) is 13.0. The summed E-state index contributed by atoms with van der Waals surface area (Å²) in [6.45, 7) is 0. The van der Waals surface area contributed by atoms with Crippen molar-refractivity contribution in [3.05, 3.63) is 46.2 Å². The maximum absolute atomic E-state index is 11.8. The van der Waals surface area contributed by atoms with Crippen molar-refractivity contribution in [1.29, 1.82) is 0 Å². The van der Waals surface area contributed by atoms with Crippen LogP contribution in [0.5, 0.6) is 11.5 Å². The summed E-state index contributed by atoms with van der Waals surface area (Å²) in [6, 6.07) is 8.14. The molecular weight excluding hydrogens is 393 g/mol. The molecule has 9 heteroatoms. The fourth-order valence-corrected chi connectivity index (χ4v) is 2.86. The van der Waals surface area contributed by atoms with Crippen molar-refractivity contribution in [1.82, 2.24) is 9.97 Å². The number of halogens is 2. The number of hydrogen-bond donors (Lipinski definition) is 1. The quantitative estimate of drug-likeness (QED) is 0.492. The maximum atomic E-state index is 11.8. The molecule has 1 heterocycles. The Hall–Kier alpha value is -2.77. The lowest BCUT2D eigenvalue weighted by Gasteiger charge is -2.14. The van der Waals surface area contributed by atoms with Crippen LogP contribution in [0, 0.1) is 0 Å². The predicted octanol–water partition coefficient (Wildman–Crippen LogP) is 4.48. The van der Waals surface area contributed by atoms with Gasteiger partial charge in [0.15, 0.2) is 11.5 Å². The molecule has 0 aliphatic heterocycles. The summed E-state index contributed by atoms with van der Waals surface area (Å²) < 4.78 is 15.4. The number of nitrogens with zero attached hydrogens (tertiary/aromatic N) is 2. The molecule has 0 saturated carbocycles. The second kappa shape index (κ2) is 7.85. The number of carbonyl (C=O) groups is 1. The molecule has 0 unspecified atom stereocenters. The van der Waals surface area contributed by atoms with Crippen molar-refractivity contribution < 1.29 is 19.0 Å². The van der Waals surface area contributed by atoms with Gasteiger partial charge in [0.1, 0.15) is 5.82 Å². The molecule has 3 rings (SSSR count). The zero-order valence-corrected chi connectivity index (χ0v) is 16.2. The summed E-state index contributed by atoms with van der Waals surface area (Å²) in [4.78, 5) is 20.2. The van der Waals surface area contributed by atoms with Gasteiger partial charge in [-0.15, -0.1) is 0 Å². The summed E-state index contributed by atoms with van der Waals surface area (Å²) in [5.74, 6) is 0.936. The lowest BCUT2D eigenvalue weighted by molar-refractivity contribution is 0.0601. The molecule has 0 amide bonds. The minimum absolute atomic E-state index is 0.0393. The number of esters is 1. The Morgan fingerprint density at radius 1 is 1.00 bits per heavy atom. The van der Waals surface area contributed by atoms with Crippen LogP contribution in [0.15, 0.2) is 30.3 Å². The Bertz CT molecular complexity index is 1030. The molecule has 0 atom stereocenters. The lowest BCUT2D eigenvalue weighted by atomic mass is 10.1. The summed E-state index contributed by atoms with van der Waals surface area (Å²) in [5.41, 5.74) is 1.36. The van der Waals surface area contributed by atoms with E-state index < -0.39 is 5.97 Å². The van der Waals surface area contributed by atoms with Crippen LogP contribution < -0.4 is 14.8 Å².